The zero-order valence-corrected chi connectivity index (χ0v) is 18.6. The second-order valence-electron chi connectivity index (χ2n) is 6.04. The summed E-state index contributed by atoms with van der Waals surface area (Å²) in [6.45, 7) is 7.24. The van der Waals surface area contributed by atoms with Crippen molar-refractivity contribution in [2.24, 2.45) is 4.99 Å². The Hall–Kier alpha value is -1.83. The van der Waals surface area contributed by atoms with Gasteiger partial charge in [-0.2, -0.15) is 0 Å². The molecule has 2 rings (SSSR count). The van der Waals surface area contributed by atoms with E-state index in [9.17, 15) is 0 Å². The molecule has 0 aliphatic carbocycles. The monoisotopic (exact) mass is 482 g/mol. The second kappa shape index (κ2) is 14.3. The van der Waals surface area contributed by atoms with Gasteiger partial charge < -0.3 is 15.4 Å². The summed E-state index contributed by atoms with van der Waals surface area (Å²) in [5, 5.41) is 6.64. The molecule has 0 atom stereocenters. The molecule has 2 aromatic rings. The quantitative estimate of drug-likeness (QED) is 0.231. The maximum atomic E-state index is 5.70. The number of aliphatic imine (C=N–C) groups is 1. The Balaban J connectivity index is 0.00000364. The first-order valence-corrected chi connectivity index (χ1v) is 9.45. The minimum absolute atomic E-state index is 0. The molecule has 0 aliphatic rings. The van der Waals surface area contributed by atoms with Gasteiger partial charge in [0, 0.05) is 19.3 Å². The average molecular weight is 482 g/mol. The molecular formula is C21H31IN4O. The maximum Gasteiger partial charge on any atom is 0.191 e. The molecule has 6 heteroatoms. The lowest BCUT2D eigenvalue weighted by molar-refractivity contribution is 0.309. The molecule has 0 aliphatic heterocycles. The standard InChI is InChI=1S/C21H30N4O.HI/c1-3-5-16-26-20-11-9-18(10-12-20)13-15-24-21(22-4-2)25-17-19-8-6-7-14-23-19;/h6-12,14H,3-5,13,15-17H2,1-2H3,(H2,22,24,25);1H. The van der Waals surface area contributed by atoms with Gasteiger partial charge in [0.15, 0.2) is 5.96 Å². The predicted molar refractivity (Wildman–Crippen MR) is 123 cm³/mol. The van der Waals surface area contributed by atoms with E-state index in [1.54, 1.807) is 6.20 Å². The Kier molecular flexibility index (Phi) is 12.3. The van der Waals surface area contributed by atoms with Crippen molar-refractivity contribution in [3.8, 4) is 5.75 Å². The minimum Gasteiger partial charge on any atom is -0.494 e. The number of hydrogen-bond acceptors (Lipinski definition) is 3. The van der Waals surface area contributed by atoms with Crippen LogP contribution in [-0.4, -0.2) is 30.6 Å². The summed E-state index contributed by atoms with van der Waals surface area (Å²) in [7, 11) is 0. The van der Waals surface area contributed by atoms with Crippen LogP contribution in [0.1, 0.15) is 37.9 Å². The normalized spacial score (nSPS) is 10.8. The number of nitrogens with zero attached hydrogens (tertiary/aromatic N) is 2. The number of aromatic nitrogens is 1. The zero-order chi connectivity index (χ0) is 18.5. The molecule has 148 valence electrons. The molecule has 0 saturated carbocycles. The van der Waals surface area contributed by atoms with Gasteiger partial charge in [0.1, 0.15) is 5.75 Å². The highest BCUT2D eigenvalue weighted by molar-refractivity contribution is 14.0. The van der Waals surface area contributed by atoms with Crippen molar-refractivity contribution in [2.45, 2.75) is 39.7 Å². The predicted octanol–water partition coefficient (Wildman–Crippen LogP) is 4.18. The molecule has 2 N–H and O–H groups in total. The second-order valence-corrected chi connectivity index (χ2v) is 6.04. The van der Waals surface area contributed by atoms with E-state index in [-0.39, 0.29) is 24.0 Å². The molecule has 27 heavy (non-hydrogen) atoms. The van der Waals surface area contributed by atoms with Gasteiger partial charge in [0.05, 0.1) is 18.8 Å². The Labute approximate surface area is 180 Å². The highest BCUT2D eigenvalue weighted by Gasteiger charge is 2.00. The van der Waals surface area contributed by atoms with E-state index < -0.39 is 0 Å². The van der Waals surface area contributed by atoms with Gasteiger partial charge in [-0.25, -0.2) is 4.99 Å². The van der Waals surface area contributed by atoms with Crippen molar-refractivity contribution in [3.63, 3.8) is 0 Å². The van der Waals surface area contributed by atoms with Gasteiger partial charge in [0.2, 0.25) is 0 Å². The third-order valence-corrected chi connectivity index (χ3v) is 3.87. The first kappa shape index (κ1) is 23.2. The van der Waals surface area contributed by atoms with Gasteiger partial charge in [-0.15, -0.1) is 24.0 Å². The first-order chi connectivity index (χ1) is 12.8. The third kappa shape index (κ3) is 9.60. The number of pyridine rings is 1. The van der Waals surface area contributed by atoms with Crippen molar-refractivity contribution in [3.05, 3.63) is 59.9 Å². The van der Waals surface area contributed by atoms with Gasteiger partial charge in [-0.3, -0.25) is 4.98 Å². The minimum atomic E-state index is 0. The summed E-state index contributed by atoms with van der Waals surface area (Å²) in [4.78, 5) is 8.88. The molecule has 5 nitrogen and oxygen atoms in total. The largest absolute Gasteiger partial charge is 0.494 e. The average Bonchev–Trinajstić information content (AvgIpc) is 2.68. The maximum absolute atomic E-state index is 5.70. The number of unbranched alkanes of at least 4 members (excludes halogenated alkanes) is 1. The fraction of sp³-hybridized carbons (Fsp3) is 0.429. The molecule has 1 aromatic heterocycles. The summed E-state index contributed by atoms with van der Waals surface area (Å²) in [6, 6.07) is 14.2. The Morgan fingerprint density at radius 1 is 1.07 bits per heavy atom. The van der Waals surface area contributed by atoms with Crippen molar-refractivity contribution >= 4 is 29.9 Å². The van der Waals surface area contributed by atoms with Crippen LogP contribution in [0.4, 0.5) is 0 Å². The fourth-order valence-corrected chi connectivity index (χ4v) is 2.41. The van der Waals surface area contributed by atoms with Gasteiger partial charge in [-0.1, -0.05) is 31.5 Å². The third-order valence-electron chi connectivity index (χ3n) is 3.87. The molecule has 1 heterocycles. The van der Waals surface area contributed by atoms with Crippen molar-refractivity contribution < 1.29 is 4.74 Å². The lowest BCUT2D eigenvalue weighted by Crippen LogP contribution is -2.38. The van der Waals surface area contributed by atoms with Gasteiger partial charge in [-0.05, 0) is 49.6 Å². The number of rotatable bonds is 10. The highest BCUT2D eigenvalue weighted by atomic mass is 127. The van der Waals surface area contributed by atoms with E-state index in [1.807, 2.05) is 30.3 Å². The van der Waals surface area contributed by atoms with E-state index in [1.165, 1.54) is 5.56 Å². The van der Waals surface area contributed by atoms with E-state index in [4.69, 9.17) is 4.74 Å². The number of guanidine groups is 1. The molecule has 0 radical (unpaired) electrons. The van der Waals surface area contributed by atoms with E-state index in [0.717, 1.165) is 56.4 Å². The smallest absolute Gasteiger partial charge is 0.191 e. The van der Waals surface area contributed by atoms with Crippen LogP contribution in [0.15, 0.2) is 53.7 Å². The van der Waals surface area contributed by atoms with Gasteiger partial charge >= 0.3 is 0 Å². The summed E-state index contributed by atoms with van der Waals surface area (Å²) in [5.74, 6) is 1.76. The van der Waals surface area contributed by atoms with Crippen LogP contribution in [-0.2, 0) is 13.0 Å². The first-order valence-electron chi connectivity index (χ1n) is 9.45. The molecular weight excluding hydrogens is 451 g/mol. The molecule has 0 saturated heterocycles. The summed E-state index contributed by atoms with van der Waals surface area (Å²) in [5.41, 5.74) is 2.24. The molecule has 0 fully saturated rings. The van der Waals surface area contributed by atoms with E-state index in [0.29, 0.717) is 6.54 Å². The Bertz CT molecular complexity index is 647. The molecule has 0 bridgehead atoms. The van der Waals surface area contributed by atoms with Crippen molar-refractivity contribution in [2.75, 3.05) is 19.7 Å². The van der Waals surface area contributed by atoms with E-state index >= 15 is 0 Å². The van der Waals surface area contributed by atoms with Crippen LogP contribution in [0.2, 0.25) is 0 Å². The molecule has 0 unspecified atom stereocenters. The molecule has 0 spiro atoms. The highest BCUT2D eigenvalue weighted by Crippen LogP contribution is 2.12. The van der Waals surface area contributed by atoms with Crippen LogP contribution in [0, 0.1) is 0 Å². The van der Waals surface area contributed by atoms with Crippen molar-refractivity contribution in [1.29, 1.82) is 0 Å². The summed E-state index contributed by atoms with van der Waals surface area (Å²) < 4.78 is 5.70. The number of halogens is 1. The number of nitrogens with one attached hydrogen (secondary N) is 2. The topological polar surface area (TPSA) is 58.5 Å². The Morgan fingerprint density at radius 2 is 1.89 bits per heavy atom. The number of hydrogen-bond donors (Lipinski definition) is 2. The van der Waals surface area contributed by atoms with Crippen LogP contribution in [0.25, 0.3) is 0 Å². The van der Waals surface area contributed by atoms with Crippen LogP contribution >= 0.6 is 24.0 Å². The zero-order valence-electron chi connectivity index (χ0n) is 16.3. The van der Waals surface area contributed by atoms with Crippen molar-refractivity contribution in [1.82, 2.24) is 15.6 Å². The van der Waals surface area contributed by atoms with Crippen LogP contribution in [0.5, 0.6) is 5.75 Å². The lowest BCUT2D eigenvalue weighted by atomic mass is 10.1. The summed E-state index contributed by atoms with van der Waals surface area (Å²) in [6.07, 6.45) is 4.97. The summed E-state index contributed by atoms with van der Waals surface area (Å²) >= 11 is 0. The van der Waals surface area contributed by atoms with Crippen LogP contribution in [0.3, 0.4) is 0 Å². The molecule has 0 amide bonds. The lowest BCUT2D eigenvalue weighted by Gasteiger charge is -2.11. The number of ether oxygens (including phenoxy) is 1. The Morgan fingerprint density at radius 3 is 2.56 bits per heavy atom. The fourth-order valence-electron chi connectivity index (χ4n) is 2.41. The van der Waals surface area contributed by atoms with Crippen LogP contribution < -0.4 is 15.4 Å². The molecule has 1 aromatic carbocycles. The SMILES string of the molecule is CCCCOc1ccc(CCNC(=NCc2ccccn2)NCC)cc1.I. The van der Waals surface area contributed by atoms with E-state index in [2.05, 4.69) is 46.6 Å². The van der Waals surface area contributed by atoms with Gasteiger partial charge in [0.25, 0.3) is 0 Å². The number of benzene rings is 1.